The highest BCUT2D eigenvalue weighted by atomic mass is 32.2. The number of hydrogen-bond acceptors (Lipinski definition) is 5. The van der Waals surface area contributed by atoms with Crippen LogP contribution < -0.4 is 9.47 Å². The molecule has 0 bridgehead atoms. The molecule has 200 valence electrons. The molecule has 38 heavy (non-hydrogen) atoms. The van der Waals surface area contributed by atoms with Crippen molar-refractivity contribution in [3.05, 3.63) is 76.7 Å². The van der Waals surface area contributed by atoms with Gasteiger partial charge in [0.25, 0.3) is 0 Å². The highest BCUT2D eigenvalue weighted by molar-refractivity contribution is 7.99. The van der Waals surface area contributed by atoms with Crippen LogP contribution in [0.25, 0.3) is 10.8 Å². The number of ether oxygens (including phenoxy) is 2. The molecule has 0 N–H and O–H groups in total. The molecule has 5 nitrogen and oxygen atoms in total. The number of halogens is 5. The average molecular weight is 551 g/mol. The molecule has 0 aliphatic heterocycles. The first kappa shape index (κ1) is 27.4. The van der Waals surface area contributed by atoms with Gasteiger partial charge in [-0.3, -0.25) is 0 Å². The topological polar surface area (TPSA) is 53.4 Å². The fourth-order valence-corrected chi connectivity index (χ4v) is 4.77. The summed E-state index contributed by atoms with van der Waals surface area (Å²) in [5, 5.41) is 5.62. The van der Waals surface area contributed by atoms with Crippen molar-refractivity contribution in [2.75, 3.05) is 6.61 Å². The zero-order valence-electron chi connectivity index (χ0n) is 21.1. The van der Waals surface area contributed by atoms with Crippen LogP contribution in [0.3, 0.4) is 0 Å². The zero-order valence-corrected chi connectivity index (χ0v) is 21.9. The molecule has 0 fully saturated rings. The van der Waals surface area contributed by atoms with Crippen molar-refractivity contribution in [2.45, 2.75) is 49.9 Å². The second kappa shape index (κ2) is 10.3. The normalized spacial score (nSPS) is 11.7. The second-order valence-corrected chi connectivity index (χ2v) is 10.3. The Kier molecular flexibility index (Phi) is 7.42. The Morgan fingerprint density at radius 3 is 2.13 bits per heavy atom. The van der Waals surface area contributed by atoms with Gasteiger partial charge in [0.05, 0.1) is 27.6 Å². The molecule has 0 atom stereocenters. The van der Waals surface area contributed by atoms with Crippen LogP contribution in [0.1, 0.15) is 43.7 Å². The number of aryl methyl sites for hydroxylation is 1. The quantitative estimate of drug-likeness (QED) is 0.107. The number of fused-ring (bicyclic) bond motifs is 1. The Morgan fingerprint density at radius 1 is 0.921 bits per heavy atom. The Labute approximate surface area is 219 Å². The lowest BCUT2D eigenvalue weighted by Gasteiger charge is -2.22. The van der Waals surface area contributed by atoms with Crippen LogP contribution in [0.15, 0.2) is 46.2 Å². The fraction of sp³-hybridized carbons (Fsp3) is 0.259. The predicted octanol–water partition coefficient (Wildman–Crippen LogP) is 7.56. The third kappa shape index (κ3) is 4.82. The lowest BCUT2D eigenvalue weighted by Crippen LogP contribution is -2.25. The minimum absolute atomic E-state index is 0.0883. The average Bonchev–Trinajstić information content (AvgIpc) is 3.19. The number of nitrogens with zero attached hydrogens (tertiary/aromatic N) is 2. The summed E-state index contributed by atoms with van der Waals surface area (Å²) in [5.41, 5.74) is -0.534. The Balaban J connectivity index is 1.88. The summed E-state index contributed by atoms with van der Waals surface area (Å²) in [6, 6.07) is 10.5. The van der Waals surface area contributed by atoms with E-state index in [2.05, 4.69) is 5.10 Å². The van der Waals surface area contributed by atoms with Gasteiger partial charge in [-0.25, -0.2) is 31.4 Å². The summed E-state index contributed by atoms with van der Waals surface area (Å²) < 4.78 is 83.3. The Hall–Kier alpha value is -3.60. The number of rotatable bonds is 6. The molecule has 0 unspecified atom stereocenters. The summed E-state index contributed by atoms with van der Waals surface area (Å²) >= 11 is 0.235. The van der Waals surface area contributed by atoms with Gasteiger partial charge in [-0.15, -0.1) is 0 Å². The number of esters is 1. The third-order valence-electron chi connectivity index (χ3n) is 5.56. The largest absolute Gasteiger partial charge is 0.493 e. The first-order valence-corrected chi connectivity index (χ1v) is 12.3. The van der Waals surface area contributed by atoms with Crippen LogP contribution >= 0.6 is 11.8 Å². The highest BCUT2D eigenvalue weighted by Crippen LogP contribution is 2.43. The van der Waals surface area contributed by atoms with Crippen LogP contribution in [-0.4, -0.2) is 22.4 Å². The van der Waals surface area contributed by atoms with Crippen LogP contribution in [0.2, 0.25) is 0 Å². The minimum Gasteiger partial charge on any atom is -0.493 e. The molecule has 1 heterocycles. The van der Waals surface area contributed by atoms with Gasteiger partial charge in [0.15, 0.2) is 23.3 Å². The van der Waals surface area contributed by atoms with Crippen molar-refractivity contribution in [1.82, 2.24) is 9.78 Å². The molecule has 1 aromatic heterocycles. The van der Waals surface area contributed by atoms with E-state index in [-0.39, 0.29) is 46.2 Å². The number of carbonyl (C=O) groups is 1. The molecular formula is C27H23F5N2O3S. The molecule has 4 aromatic rings. The molecule has 0 aliphatic rings. The second-order valence-electron chi connectivity index (χ2n) is 9.29. The molecule has 0 saturated carbocycles. The maximum absolute atomic E-state index is 14.5. The van der Waals surface area contributed by atoms with Crippen LogP contribution in [-0.2, 0) is 5.54 Å². The van der Waals surface area contributed by atoms with Crippen LogP contribution in [0.4, 0.5) is 22.0 Å². The van der Waals surface area contributed by atoms with Crippen molar-refractivity contribution in [3.8, 4) is 11.6 Å². The van der Waals surface area contributed by atoms with Gasteiger partial charge >= 0.3 is 5.97 Å². The molecule has 0 aliphatic carbocycles. The van der Waals surface area contributed by atoms with E-state index < -0.39 is 45.5 Å². The SMILES string of the molecule is CCOc1ccc2ccccc2c1C(=O)Oc1c(Sc2c(F)c(F)c(F)c(F)c2F)c(C)nn1C(C)(C)C. The van der Waals surface area contributed by atoms with E-state index in [1.807, 2.05) is 0 Å². The molecule has 4 rings (SSSR count). The summed E-state index contributed by atoms with van der Waals surface area (Å²) in [5.74, 6) is -11.2. The van der Waals surface area contributed by atoms with Gasteiger partial charge in [-0.2, -0.15) is 5.10 Å². The van der Waals surface area contributed by atoms with Crippen molar-refractivity contribution in [1.29, 1.82) is 0 Å². The number of benzene rings is 3. The molecule has 0 saturated heterocycles. The first-order chi connectivity index (χ1) is 17.9. The number of aromatic nitrogens is 2. The van der Waals surface area contributed by atoms with Crippen molar-refractivity contribution in [2.24, 2.45) is 0 Å². The van der Waals surface area contributed by atoms with Gasteiger partial charge in [-0.1, -0.05) is 42.1 Å². The molecule has 0 amide bonds. The Bertz CT molecular complexity index is 1530. The van der Waals surface area contributed by atoms with E-state index in [0.29, 0.717) is 5.39 Å². The predicted molar refractivity (Wildman–Crippen MR) is 132 cm³/mol. The molecule has 3 aromatic carbocycles. The number of hydrogen-bond donors (Lipinski definition) is 0. The maximum atomic E-state index is 14.5. The smallest absolute Gasteiger partial charge is 0.349 e. The lowest BCUT2D eigenvalue weighted by molar-refractivity contribution is 0.0702. The maximum Gasteiger partial charge on any atom is 0.349 e. The van der Waals surface area contributed by atoms with Gasteiger partial charge in [-0.05, 0) is 51.5 Å². The lowest BCUT2D eigenvalue weighted by atomic mass is 10.0. The molecule has 11 heteroatoms. The summed E-state index contributed by atoms with van der Waals surface area (Å²) in [6.07, 6.45) is 0. The van der Waals surface area contributed by atoms with Gasteiger partial charge in [0.2, 0.25) is 11.7 Å². The number of carbonyl (C=O) groups excluding carboxylic acids is 1. The van der Waals surface area contributed by atoms with E-state index in [1.54, 1.807) is 64.1 Å². The highest BCUT2D eigenvalue weighted by Gasteiger charge is 2.32. The van der Waals surface area contributed by atoms with Crippen LogP contribution in [0, 0.1) is 36.0 Å². The van der Waals surface area contributed by atoms with Crippen molar-refractivity contribution in [3.63, 3.8) is 0 Å². The van der Waals surface area contributed by atoms with E-state index in [1.165, 1.54) is 11.6 Å². The summed E-state index contributed by atoms with van der Waals surface area (Å²) in [4.78, 5) is 12.4. The molecule has 0 spiro atoms. The first-order valence-electron chi connectivity index (χ1n) is 11.5. The van der Waals surface area contributed by atoms with E-state index in [4.69, 9.17) is 9.47 Å². The summed E-state index contributed by atoms with van der Waals surface area (Å²) in [7, 11) is 0. The van der Waals surface area contributed by atoms with E-state index >= 15 is 0 Å². The molecular weight excluding hydrogens is 527 g/mol. The minimum atomic E-state index is -2.27. The van der Waals surface area contributed by atoms with Crippen molar-refractivity contribution < 1.29 is 36.2 Å². The van der Waals surface area contributed by atoms with Gasteiger partial charge < -0.3 is 9.47 Å². The third-order valence-corrected chi connectivity index (χ3v) is 6.80. The van der Waals surface area contributed by atoms with Crippen LogP contribution in [0.5, 0.6) is 11.6 Å². The van der Waals surface area contributed by atoms with E-state index in [9.17, 15) is 26.7 Å². The molecule has 0 radical (unpaired) electrons. The fourth-order valence-electron chi connectivity index (χ4n) is 3.81. The van der Waals surface area contributed by atoms with Gasteiger partial charge in [0.1, 0.15) is 11.3 Å². The van der Waals surface area contributed by atoms with E-state index in [0.717, 1.165) is 5.39 Å². The summed E-state index contributed by atoms with van der Waals surface area (Å²) in [6.45, 7) is 8.71. The van der Waals surface area contributed by atoms with Gasteiger partial charge in [0, 0.05) is 0 Å². The Morgan fingerprint density at radius 2 is 1.53 bits per heavy atom. The zero-order chi connectivity index (χ0) is 27.9. The van der Waals surface area contributed by atoms with Crippen molar-refractivity contribution >= 4 is 28.5 Å². The monoisotopic (exact) mass is 550 g/mol. The standard InChI is InChI=1S/C27H23F5N2O3S/c1-6-36-16-12-11-14-9-7-8-10-15(14)17(16)26(35)37-25-23(13(2)33-34(25)27(3,4)5)38-24-21(31)19(29)18(28)20(30)22(24)32/h7-12H,6H2,1-5H3.